The van der Waals surface area contributed by atoms with Crippen LogP contribution in [-0.2, 0) is 9.59 Å². The van der Waals surface area contributed by atoms with Crippen LogP contribution in [0.4, 0.5) is 0 Å². The maximum absolute atomic E-state index is 12.7. The van der Waals surface area contributed by atoms with E-state index in [1.54, 1.807) is 11.9 Å². The number of carbonyl (C=O) groups excluding carboxylic acids is 3. The Hall–Kier alpha value is -2.48. The Bertz CT molecular complexity index is 891. The topological polar surface area (TPSA) is 91.4 Å². The lowest BCUT2D eigenvalue weighted by atomic mass is 9.96. The Morgan fingerprint density at radius 1 is 1.10 bits per heavy atom. The summed E-state index contributed by atoms with van der Waals surface area (Å²) in [5.41, 5.74) is 0.814. The van der Waals surface area contributed by atoms with Crippen LogP contribution in [0, 0.1) is 5.92 Å². The number of likely N-dealkylation sites (N-methyl/N-ethyl adjacent to an activating group) is 1. The molecule has 2 fully saturated rings. The number of aromatic nitrogens is 1. The Balaban J connectivity index is 1.40. The second kappa shape index (κ2) is 8.49. The molecule has 1 saturated carbocycles. The zero-order chi connectivity index (χ0) is 20.4. The van der Waals surface area contributed by atoms with Crippen LogP contribution in [0.3, 0.4) is 0 Å². The van der Waals surface area contributed by atoms with Crippen molar-refractivity contribution in [3.63, 3.8) is 0 Å². The highest BCUT2D eigenvalue weighted by atomic mass is 32.1. The zero-order valence-electron chi connectivity index (χ0n) is 16.5. The molecule has 1 saturated heterocycles. The summed E-state index contributed by atoms with van der Waals surface area (Å²) in [6.45, 7) is 0.437. The third-order valence-corrected chi connectivity index (χ3v) is 6.60. The van der Waals surface area contributed by atoms with Crippen molar-refractivity contribution in [2.24, 2.45) is 5.92 Å². The minimum absolute atomic E-state index is 0.00814. The van der Waals surface area contributed by atoms with E-state index in [1.165, 1.54) is 11.3 Å². The van der Waals surface area contributed by atoms with E-state index in [1.807, 2.05) is 24.3 Å². The van der Waals surface area contributed by atoms with Crippen LogP contribution in [0.25, 0.3) is 10.2 Å². The van der Waals surface area contributed by atoms with Crippen LogP contribution in [0.2, 0.25) is 0 Å². The van der Waals surface area contributed by atoms with Gasteiger partial charge in [0, 0.05) is 38.0 Å². The SMILES string of the molecule is CN1C[C@H](NC(=O)c2nc3ccccc3s2)CCC[C@@H](C(=O)NC2CC2)CC1=O. The molecule has 0 unspecified atom stereocenters. The first-order chi connectivity index (χ1) is 14.0. The van der Waals surface area contributed by atoms with Crippen molar-refractivity contribution in [1.29, 1.82) is 0 Å². The number of amides is 3. The van der Waals surface area contributed by atoms with Crippen molar-refractivity contribution in [1.82, 2.24) is 20.5 Å². The lowest BCUT2D eigenvalue weighted by Crippen LogP contribution is -2.44. The fourth-order valence-corrected chi connectivity index (χ4v) is 4.58. The van der Waals surface area contributed by atoms with Gasteiger partial charge in [0.25, 0.3) is 5.91 Å². The minimum Gasteiger partial charge on any atom is -0.353 e. The molecule has 2 N–H and O–H groups in total. The monoisotopic (exact) mass is 414 g/mol. The summed E-state index contributed by atoms with van der Waals surface area (Å²) in [6, 6.07) is 7.80. The molecule has 1 aromatic carbocycles. The van der Waals surface area contributed by atoms with Gasteiger partial charge < -0.3 is 15.5 Å². The third-order valence-electron chi connectivity index (χ3n) is 5.56. The predicted molar refractivity (Wildman–Crippen MR) is 112 cm³/mol. The number of benzene rings is 1. The molecule has 1 aromatic heterocycles. The van der Waals surface area contributed by atoms with Gasteiger partial charge in [-0.15, -0.1) is 11.3 Å². The smallest absolute Gasteiger partial charge is 0.280 e. The Labute approximate surface area is 173 Å². The summed E-state index contributed by atoms with van der Waals surface area (Å²) in [6.07, 6.45) is 4.47. The summed E-state index contributed by atoms with van der Waals surface area (Å²) >= 11 is 1.37. The van der Waals surface area contributed by atoms with E-state index in [-0.39, 0.29) is 36.1 Å². The lowest BCUT2D eigenvalue weighted by Gasteiger charge is -2.24. The molecule has 2 atom stereocenters. The summed E-state index contributed by atoms with van der Waals surface area (Å²) in [7, 11) is 1.74. The minimum atomic E-state index is -0.288. The quantitative estimate of drug-likeness (QED) is 0.803. The number of hydrogen-bond donors (Lipinski definition) is 2. The van der Waals surface area contributed by atoms with Gasteiger partial charge in [0.2, 0.25) is 11.8 Å². The van der Waals surface area contributed by atoms with Crippen LogP contribution >= 0.6 is 11.3 Å². The molecular formula is C21H26N4O3S. The molecule has 2 aliphatic rings. The zero-order valence-corrected chi connectivity index (χ0v) is 17.3. The van der Waals surface area contributed by atoms with E-state index in [0.29, 0.717) is 24.0 Å². The van der Waals surface area contributed by atoms with E-state index < -0.39 is 0 Å². The highest BCUT2D eigenvalue weighted by Crippen LogP contribution is 2.24. The first-order valence-electron chi connectivity index (χ1n) is 10.2. The number of nitrogens with zero attached hydrogens (tertiary/aromatic N) is 2. The summed E-state index contributed by atoms with van der Waals surface area (Å²) in [5, 5.41) is 6.49. The molecular weight excluding hydrogens is 388 g/mol. The number of para-hydroxylation sites is 1. The largest absolute Gasteiger partial charge is 0.353 e. The lowest BCUT2D eigenvalue weighted by molar-refractivity contribution is -0.135. The maximum Gasteiger partial charge on any atom is 0.280 e. The number of rotatable bonds is 4. The molecule has 1 aliphatic carbocycles. The maximum atomic E-state index is 12.7. The van der Waals surface area contributed by atoms with Crippen LogP contribution in [0.15, 0.2) is 24.3 Å². The van der Waals surface area contributed by atoms with Gasteiger partial charge in [-0.3, -0.25) is 14.4 Å². The molecule has 2 aromatic rings. The van der Waals surface area contributed by atoms with Crippen LogP contribution in [0.5, 0.6) is 0 Å². The Kier molecular flexibility index (Phi) is 5.80. The summed E-state index contributed by atoms with van der Waals surface area (Å²) in [4.78, 5) is 43.8. The fourth-order valence-electron chi connectivity index (χ4n) is 3.71. The Morgan fingerprint density at radius 2 is 1.90 bits per heavy atom. The molecule has 29 heavy (non-hydrogen) atoms. The molecule has 0 radical (unpaired) electrons. The van der Waals surface area contributed by atoms with Gasteiger partial charge in [-0.05, 0) is 37.8 Å². The highest BCUT2D eigenvalue weighted by Gasteiger charge is 2.31. The predicted octanol–water partition coefficient (Wildman–Crippen LogP) is 2.32. The fraction of sp³-hybridized carbons (Fsp3) is 0.524. The van der Waals surface area contributed by atoms with E-state index in [0.717, 1.165) is 35.9 Å². The molecule has 0 spiro atoms. The first-order valence-corrected chi connectivity index (χ1v) is 11.0. The molecule has 4 rings (SSSR count). The molecule has 8 heteroatoms. The van der Waals surface area contributed by atoms with Crippen molar-refractivity contribution >= 4 is 39.3 Å². The average Bonchev–Trinajstić information content (AvgIpc) is 3.38. The highest BCUT2D eigenvalue weighted by molar-refractivity contribution is 7.20. The number of thiazole rings is 1. The van der Waals surface area contributed by atoms with Gasteiger partial charge >= 0.3 is 0 Å². The van der Waals surface area contributed by atoms with Crippen molar-refractivity contribution in [2.45, 2.75) is 50.6 Å². The molecule has 3 amide bonds. The summed E-state index contributed by atoms with van der Waals surface area (Å²) < 4.78 is 0.976. The van der Waals surface area contributed by atoms with E-state index >= 15 is 0 Å². The van der Waals surface area contributed by atoms with Crippen LogP contribution in [-0.4, -0.2) is 53.3 Å². The average molecular weight is 415 g/mol. The van der Waals surface area contributed by atoms with Crippen LogP contribution < -0.4 is 10.6 Å². The molecule has 7 nitrogen and oxygen atoms in total. The second-order valence-corrected chi connectivity index (χ2v) is 9.08. The first kappa shape index (κ1) is 19.8. The van der Waals surface area contributed by atoms with Crippen molar-refractivity contribution in [3.8, 4) is 0 Å². The molecule has 1 aliphatic heterocycles. The van der Waals surface area contributed by atoms with E-state index in [4.69, 9.17) is 0 Å². The standard InChI is InChI=1S/C21H26N4O3S/c1-25-12-15(23-20(28)21-24-16-7-2-3-8-17(16)29-21)6-4-5-13(11-18(25)26)19(27)22-14-9-10-14/h2-3,7-8,13-15H,4-6,9-12H2,1H3,(H,22,27)(H,23,28)/t13-,15-/m1/s1. The van der Waals surface area contributed by atoms with Gasteiger partial charge in [-0.2, -0.15) is 0 Å². The van der Waals surface area contributed by atoms with Gasteiger partial charge in [-0.1, -0.05) is 18.6 Å². The third kappa shape index (κ3) is 4.93. The normalized spacial score (nSPS) is 23.2. The number of carbonyl (C=O) groups is 3. The number of hydrogen-bond acceptors (Lipinski definition) is 5. The summed E-state index contributed by atoms with van der Waals surface area (Å²) in [5.74, 6) is -0.558. The van der Waals surface area contributed by atoms with Gasteiger partial charge in [0.1, 0.15) is 0 Å². The second-order valence-electron chi connectivity index (χ2n) is 8.05. The van der Waals surface area contributed by atoms with Gasteiger partial charge in [0.15, 0.2) is 5.01 Å². The Morgan fingerprint density at radius 3 is 2.66 bits per heavy atom. The van der Waals surface area contributed by atoms with Gasteiger partial charge in [0.05, 0.1) is 10.2 Å². The van der Waals surface area contributed by atoms with Crippen LogP contribution in [0.1, 0.15) is 48.3 Å². The van der Waals surface area contributed by atoms with Crippen molar-refractivity contribution in [3.05, 3.63) is 29.3 Å². The van der Waals surface area contributed by atoms with E-state index in [2.05, 4.69) is 15.6 Å². The van der Waals surface area contributed by atoms with E-state index in [9.17, 15) is 14.4 Å². The van der Waals surface area contributed by atoms with Crippen molar-refractivity contribution in [2.75, 3.05) is 13.6 Å². The molecule has 154 valence electrons. The molecule has 2 heterocycles. The molecule has 0 bridgehead atoms. The number of nitrogens with one attached hydrogen (secondary N) is 2. The van der Waals surface area contributed by atoms with Crippen molar-refractivity contribution < 1.29 is 14.4 Å². The van der Waals surface area contributed by atoms with Gasteiger partial charge in [-0.25, -0.2) is 4.98 Å². The number of fused-ring (bicyclic) bond motifs is 1.